The molecule has 2 N–H and O–H groups in total. The van der Waals surface area contributed by atoms with E-state index in [1.165, 1.54) is 6.92 Å². The summed E-state index contributed by atoms with van der Waals surface area (Å²) in [6.45, 7) is 6.45. The van der Waals surface area contributed by atoms with Crippen molar-refractivity contribution in [3.8, 4) is 0 Å². The Bertz CT molecular complexity index is 186. The molecule has 0 bridgehead atoms. The Kier molecular flexibility index (Phi) is 5.93. The number of nitrogens with one attached hydrogen (secondary N) is 1. The van der Waals surface area contributed by atoms with Gasteiger partial charge in [0.25, 0.3) is 0 Å². The summed E-state index contributed by atoms with van der Waals surface area (Å²) < 4.78 is 0. The summed E-state index contributed by atoms with van der Waals surface area (Å²) >= 11 is 0. The van der Waals surface area contributed by atoms with E-state index in [1.807, 2.05) is 0 Å². The minimum Gasteiger partial charge on any atom is -0.477 e. The first kappa shape index (κ1) is 11.9. The Hall–Kier alpha value is -1.06. The van der Waals surface area contributed by atoms with Crippen molar-refractivity contribution in [1.29, 1.82) is 0 Å². The Balaban J connectivity index is 3.76. The van der Waals surface area contributed by atoms with E-state index in [0.29, 0.717) is 5.92 Å². The van der Waals surface area contributed by atoms with Crippen molar-refractivity contribution in [3.63, 3.8) is 0 Å². The van der Waals surface area contributed by atoms with Crippen LogP contribution in [0.4, 0.5) is 0 Å². The number of carbonyl (C=O) groups is 1. The van der Waals surface area contributed by atoms with E-state index < -0.39 is 5.97 Å². The number of nitrogens with zero attached hydrogens (tertiary/aromatic N) is 1. The first-order valence-corrected chi connectivity index (χ1v) is 4.62. The van der Waals surface area contributed by atoms with Crippen LogP contribution in [-0.2, 0) is 4.79 Å². The molecule has 0 spiro atoms. The number of hydrazone groups is 1. The molecule has 0 aromatic rings. The van der Waals surface area contributed by atoms with Crippen molar-refractivity contribution in [2.24, 2.45) is 11.0 Å². The zero-order chi connectivity index (χ0) is 10.3. The maximum atomic E-state index is 10.3. The van der Waals surface area contributed by atoms with Gasteiger partial charge in [0, 0.05) is 6.54 Å². The van der Waals surface area contributed by atoms with Crippen LogP contribution in [0.2, 0.25) is 0 Å². The predicted octanol–water partition coefficient (Wildman–Crippen LogP) is 1.47. The highest BCUT2D eigenvalue weighted by molar-refractivity contribution is 6.34. The summed E-state index contributed by atoms with van der Waals surface area (Å²) in [5, 5.41) is 12.2. The fourth-order valence-corrected chi connectivity index (χ4v) is 0.919. The first-order chi connectivity index (χ1) is 6.11. The molecule has 4 nitrogen and oxygen atoms in total. The van der Waals surface area contributed by atoms with Gasteiger partial charge in [0.2, 0.25) is 0 Å². The lowest BCUT2D eigenvalue weighted by Gasteiger charge is -2.10. The molecule has 0 saturated carbocycles. The first-order valence-electron chi connectivity index (χ1n) is 4.62. The Morgan fingerprint density at radius 1 is 1.46 bits per heavy atom. The van der Waals surface area contributed by atoms with Crippen LogP contribution in [0.3, 0.4) is 0 Å². The third-order valence-electron chi connectivity index (χ3n) is 2.09. The topological polar surface area (TPSA) is 61.7 Å². The van der Waals surface area contributed by atoms with Gasteiger partial charge in [-0.1, -0.05) is 26.7 Å². The molecule has 0 rings (SSSR count). The molecule has 0 saturated heterocycles. The smallest absolute Gasteiger partial charge is 0.351 e. The van der Waals surface area contributed by atoms with Crippen LogP contribution in [0.25, 0.3) is 0 Å². The van der Waals surface area contributed by atoms with E-state index in [-0.39, 0.29) is 5.71 Å². The maximum absolute atomic E-state index is 10.3. The maximum Gasteiger partial charge on any atom is 0.351 e. The van der Waals surface area contributed by atoms with Gasteiger partial charge in [0.1, 0.15) is 5.71 Å². The van der Waals surface area contributed by atoms with Crippen molar-refractivity contribution in [1.82, 2.24) is 5.43 Å². The number of carboxylic acids is 1. The van der Waals surface area contributed by atoms with Crippen LogP contribution in [0.15, 0.2) is 5.10 Å². The lowest BCUT2D eigenvalue weighted by molar-refractivity contribution is -0.129. The lowest BCUT2D eigenvalue weighted by Crippen LogP contribution is -2.20. The standard InChI is InChI=1S/C9H18N2O2/c1-4-8(5-2)6-10-11-7(3)9(12)13/h8,10H,4-6H2,1-3H3,(H,12,13)/b11-7+. The minimum atomic E-state index is -0.975. The molecule has 0 heterocycles. The largest absolute Gasteiger partial charge is 0.477 e. The third-order valence-corrected chi connectivity index (χ3v) is 2.09. The quantitative estimate of drug-likeness (QED) is 0.488. The highest BCUT2D eigenvalue weighted by atomic mass is 16.4. The molecule has 0 aliphatic carbocycles. The second-order valence-electron chi connectivity index (χ2n) is 3.05. The van der Waals surface area contributed by atoms with Crippen molar-refractivity contribution >= 4 is 11.7 Å². The van der Waals surface area contributed by atoms with Crippen LogP contribution in [-0.4, -0.2) is 23.3 Å². The number of carboxylic acid groups (broad SMARTS) is 1. The van der Waals surface area contributed by atoms with Crippen molar-refractivity contribution in [3.05, 3.63) is 0 Å². The van der Waals surface area contributed by atoms with Gasteiger partial charge in [-0.2, -0.15) is 5.10 Å². The van der Waals surface area contributed by atoms with Gasteiger partial charge < -0.3 is 10.5 Å². The van der Waals surface area contributed by atoms with Gasteiger partial charge in [-0.05, 0) is 12.8 Å². The van der Waals surface area contributed by atoms with Crippen LogP contribution in [0.1, 0.15) is 33.6 Å². The fraction of sp³-hybridized carbons (Fsp3) is 0.778. The molecule has 0 aliphatic heterocycles. The second kappa shape index (κ2) is 6.46. The lowest BCUT2D eigenvalue weighted by atomic mass is 10.0. The van der Waals surface area contributed by atoms with Gasteiger partial charge in [-0.15, -0.1) is 0 Å². The molecular weight excluding hydrogens is 168 g/mol. The molecule has 0 atom stereocenters. The number of rotatable bonds is 6. The molecule has 0 aromatic carbocycles. The van der Waals surface area contributed by atoms with E-state index in [1.54, 1.807) is 0 Å². The van der Waals surface area contributed by atoms with E-state index in [2.05, 4.69) is 24.4 Å². The predicted molar refractivity (Wildman–Crippen MR) is 52.8 cm³/mol. The van der Waals surface area contributed by atoms with Crippen LogP contribution >= 0.6 is 0 Å². The molecule has 76 valence electrons. The van der Waals surface area contributed by atoms with Crippen LogP contribution in [0.5, 0.6) is 0 Å². The van der Waals surface area contributed by atoms with Gasteiger partial charge in [-0.3, -0.25) is 0 Å². The molecule has 13 heavy (non-hydrogen) atoms. The Morgan fingerprint density at radius 3 is 2.38 bits per heavy atom. The SMILES string of the molecule is CCC(CC)CN/N=C(\C)C(=O)O. The monoisotopic (exact) mass is 186 g/mol. The molecule has 0 unspecified atom stereocenters. The average molecular weight is 186 g/mol. The van der Waals surface area contributed by atoms with E-state index in [4.69, 9.17) is 5.11 Å². The van der Waals surface area contributed by atoms with Crippen molar-refractivity contribution < 1.29 is 9.90 Å². The van der Waals surface area contributed by atoms with E-state index in [0.717, 1.165) is 19.4 Å². The van der Waals surface area contributed by atoms with Crippen LogP contribution in [0, 0.1) is 5.92 Å². The van der Waals surface area contributed by atoms with E-state index in [9.17, 15) is 4.79 Å². The minimum absolute atomic E-state index is 0.103. The van der Waals surface area contributed by atoms with Crippen molar-refractivity contribution in [2.45, 2.75) is 33.6 Å². The Labute approximate surface area is 79.0 Å². The number of hydrogen-bond acceptors (Lipinski definition) is 3. The summed E-state index contributed by atoms with van der Waals surface area (Å²) in [7, 11) is 0. The van der Waals surface area contributed by atoms with Gasteiger partial charge in [0.05, 0.1) is 0 Å². The molecule has 0 radical (unpaired) electrons. The number of aliphatic carboxylic acids is 1. The highest BCUT2D eigenvalue weighted by Crippen LogP contribution is 2.04. The zero-order valence-electron chi connectivity index (χ0n) is 8.50. The Morgan fingerprint density at radius 2 is 2.00 bits per heavy atom. The molecule has 4 heteroatoms. The zero-order valence-corrected chi connectivity index (χ0v) is 8.50. The molecule has 0 amide bonds. The summed E-state index contributed by atoms with van der Waals surface area (Å²) in [5.41, 5.74) is 2.88. The van der Waals surface area contributed by atoms with Crippen molar-refractivity contribution in [2.75, 3.05) is 6.54 Å². The van der Waals surface area contributed by atoms with E-state index >= 15 is 0 Å². The molecular formula is C9H18N2O2. The number of hydrogen-bond donors (Lipinski definition) is 2. The molecule has 0 fully saturated rings. The summed E-state index contributed by atoms with van der Waals surface area (Å²) in [6, 6.07) is 0. The molecule has 0 aromatic heterocycles. The van der Waals surface area contributed by atoms with Gasteiger partial charge in [-0.25, -0.2) is 4.79 Å². The van der Waals surface area contributed by atoms with Gasteiger partial charge in [0.15, 0.2) is 0 Å². The highest BCUT2D eigenvalue weighted by Gasteiger charge is 2.03. The fourth-order valence-electron chi connectivity index (χ4n) is 0.919. The van der Waals surface area contributed by atoms with Gasteiger partial charge >= 0.3 is 5.97 Å². The summed E-state index contributed by atoms with van der Waals surface area (Å²) in [5.74, 6) is -0.401. The average Bonchev–Trinajstić information content (AvgIpc) is 2.12. The van der Waals surface area contributed by atoms with Crippen LogP contribution < -0.4 is 5.43 Å². The molecule has 0 aliphatic rings. The third kappa shape index (κ3) is 5.22. The second-order valence-corrected chi connectivity index (χ2v) is 3.05. The summed E-state index contributed by atoms with van der Waals surface area (Å²) in [4.78, 5) is 10.3. The normalized spacial score (nSPS) is 11.8. The summed E-state index contributed by atoms with van der Waals surface area (Å²) in [6.07, 6.45) is 2.18.